The van der Waals surface area contributed by atoms with Crippen LogP contribution in [0.5, 0.6) is 0 Å². The minimum atomic E-state index is -0.355. The Balaban J connectivity index is 1.40. The Morgan fingerprint density at radius 1 is 1.23 bits per heavy atom. The summed E-state index contributed by atoms with van der Waals surface area (Å²) in [6, 6.07) is 7.56. The van der Waals surface area contributed by atoms with E-state index in [1.165, 1.54) is 0 Å². The Morgan fingerprint density at radius 2 is 2.06 bits per heavy atom. The number of nitrogens with one attached hydrogen (secondary N) is 1. The molecule has 1 amide bonds. The summed E-state index contributed by atoms with van der Waals surface area (Å²) in [5.41, 5.74) is 0.714. The number of amides is 1. The van der Waals surface area contributed by atoms with Gasteiger partial charge in [-0.1, -0.05) is 12.8 Å². The fourth-order valence-electron chi connectivity index (χ4n) is 5.71. The molecule has 0 aromatic carbocycles. The molecule has 1 aliphatic carbocycles. The van der Waals surface area contributed by atoms with Crippen molar-refractivity contribution in [2.75, 3.05) is 31.7 Å². The molecule has 0 radical (unpaired) electrons. The van der Waals surface area contributed by atoms with Crippen molar-refractivity contribution in [1.82, 2.24) is 20.1 Å². The van der Waals surface area contributed by atoms with E-state index in [0.717, 1.165) is 56.7 Å². The van der Waals surface area contributed by atoms with E-state index in [0.29, 0.717) is 19.1 Å². The molecule has 31 heavy (non-hydrogen) atoms. The number of hydrogen-bond acceptors (Lipinski definition) is 6. The molecular weight excluding hydrogens is 394 g/mol. The van der Waals surface area contributed by atoms with E-state index in [9.17, 15) is 9.59 Å². The quantitative estimate of drug-likeness (QED) is 0.791. The van der Waals surface area contributed by atoms with Crippen LogP contribution in [-0.4, -0.2) is 53.0 Å². The van der Waals surface area contributed by atoms with Gasteiger partial charge in [0.2, 0.25) is 0 Å². The maximum Gasteiger partial charge on any atom is 0.263 e. The van der Waals surface area contributed by atoms with Gasteiger partial charge in [-0.2, -0.15) is 5.10 Å². The monoisotopic (exact) mass is 423 g/mol. The van der Waals surface area contributed by atoms with Gasteiger partial charge < -0.3 is 19.5 Å². The Kier molecular flexibility index (Phi) is 5.25. The number of rotatable bonds is 5. The van der Waals surface area contributed by atoms with Gasteiger partial charge in [0.15, 0.2) is 5.82 Å². The Hall–Kier alpha value is -2.74. The number of methoxy groups -OCH3 is 1. The van der Waals surface area contributed by atoms with Gasteiger partial charge in [-0.15, -0.1) is 5.10 Å². The lowest BCUT2D eigenvalue weighted by Crippen LogP contribution is -2.52. The van der Waals surface area contributed by atoms with E-state index in [4.69, 9.17) is 4.74 Å². The van der Waals surface area contributed by atoms with E-state index in [1.807, 2.05) is 22.8 Å². The number of hydrogen-bond donors (Lipinski definition) is 1. The van der Waals surface area contributed by atoms with E-state index < -0.39 is 0 Å². The molecule has 2 bridgehead atoms. The molecule has 2 fully saturated rings. The third kappa shape index (κ3) is 3.73. The van der Waals surface area contributed by atoms with Gasteiger partial charge in [0.1, 0.15) is 5.56 Å². The first-order valence-electron chi connectivity index (χ1n) is 11.2. The van der Waals surface area contributed by atoms with Crippen LogP contribution in [0.15, 0.2) is 35.3 Å². The maximum atomic E-state index is 13.3. The zero-order valence-electron chi connectivity index (χ0n) is 17.9. The van der Waals surface area contributed by atoms with Crippen LogP contribution in [0.1, 0.15) is 54.1 Å². The van der Waals surface area contributed by atoms with Crippen LogP contribution in [-0.2, 0) is 11.3 Å². The number of pyridine rings is 1. The second-order valence-electron chi connectivity index (χ2n) is 9.25. The van der Waals surface area contributed by atoms with Gasteiger partial charge >= 0.3 is 0 Å². The lowest BCUT2D eigenvalue weighted by molar-refractivity contribution is 0.0764. The third-order valence-electron chi connectivity index (χ3n) is 7.09. The number of aromatic nitrogens is 3. The maximum absolute atomic E-state index is 13.3. The zero-order chi connectivity index (χ0) is 21.4. The number of carbonyl (C=O) groups excluding carboxylic acids is 1. The predicted octanol–water partition coefficient (Wildman–Crippen LogP) is 1.95. The van der Waals surface area contributed by atoms with Crippen LogP contribution in [0.4, 0.5) is 5.82 Å². The van der Waals surface area contributed by atoms with Gasteiger partial charge in [-0.25, -0.2) is 0 Å². The summed E-state index contributed by atoms with van der Waals surface area (Å²) in [5.74, 6) is 1.19. The first-order valence-corrected chi connectivity index (χ1v) is 11.2. The van der Waals surface area contributed by atoms with E-state index in [1.54, 1.807) is 19.4 Å². The normalized spacial score (nSPS) is 24.0. The molecule has 0 spiro atoms. The summed E-state index contributed by atoms with van der Waals surface area (Å²) in [6.45, 7) is 2.75. The van der Waals surface area contributed by atoms with Crippen LogP contribution < -0.4 is 15.8 Å². The molecule has 2 aliphatic heterocycles. The fourth-order valence-corrected chi connectivity index (χ4v) is 5.71. The second kappa shape index (κ2) is 8.07. The van der Waals surface area contributed by atoms with E-state index in [-0.39, 0.29) is 28.5 Å². The molecule has 1 saturated heterocycles. The van der Waals surface area contributed by atoms with Crippen LogP contribution >= 0.6 is 0 Å². The minimum Gasteiger partial charge on any atom is -0.382 e. The highest BCUT2D eigenvalue weighted by Crippen LogP contribution is 2.36. The topological polar surface area (TPSA) is 89.4 Å². The van der Waals surface area contributed by atoms with Crippen molar-refractivity contribution in [3.05, 3.63) is 52.1 Å². The molecule has 5 rings (SSSR count). The van der Waals surface area contributed by atoms with Crippen molar-refractivity contribution >= 4 is 11.7 Å². The number of anilines is 1. The van der Waals surface area contributed by atoms with Crippen LogP contribution in [0, 0.1) is 5.92 Å². The number of carbonyl (C=O) groups is 1. The van der Waals surface area contributed by atoms with Gasteiger partial charge in [0.05, 0.1) is 12.1 Å². The van der Waals surface area contributed by atoms with E-state index in [2.05, 4.69) is 20.4 Å². The van der Waals surface area contributed by atoms with Gasteiger partial charge in [-0.05, 0) is 49.4 Å². The zero-order valence-corrected chi connectivity index (χ0v) is 17.9. The molecule has 8 nitrogen and oxygen atoms in total. The third-order valence-corrected chi connectivity index (χ3v) is 7.09. The average Bonchev–Trinajstić information content (AvgIpc) is 3.23. The first kappa shape index (κ1) is 20.2. The highest BCUT2D eigenvalue weighted by atomic mass is 16.5. The summed E-state index contributed by atoms with van der Waals surface area (Å²) < 4.78 is 7.20. The van der Waals surface area contributed by atoms with Crippen molar-refractivity contribution in [3.63, 3.8) is 0 Å². The molecule has 1 saturated carbocycles. The lowest BCUT2D eigenvalue weighted by Gasteiger charge is -2.43. The fraction of sp³-hybridized carbons (Fsp3) is 0.565. The summed E-state index contributed by atoms with van der Waals surface area (Å²) in [7, 11) is 1.66. The van der Waals surface area contributed by atoms with E-state index >= 15 is 0 Å². The van der Waals surface area contributed by atoms with Crippen molar-refractivity contribution < 1.29 is 9.53 Å². The molecule has 2 atom stereocenters. The van der Waals surface area contributed by atoms with Crippen LogP contribution in [0.2, 0.25) is 0 Å². The van der Waals surface area contributed by atoms with Crippen LogP contribution in [0.3, 0.4) is 0 Å². The highest BCUT2D eigenvalue weighted by Gasteiger charge is 2.38. The Labute approximate surface area is 181 Å². The van der Waals surface area contributed by atoms with Gasteiger partial charge in [-0.3, -0.25) is 9.59 Å². The second-order valence-corrected chi connectivity index (χ2v) is 9.25. The largest absolute Gasteiger partial charge is 0.382 e. The molecular formula is C23H29N5O3. The summed E-state index contributed by atoms with van der Waals surface area (Å²) >= 11 is 0. The summed E-state index contributed by atoms with van der Waals surface area (Å²) in [6.07, 6.45) is 6.65. The molecule has 4 heterocycles. The lowest BCUT2D eigenvalue weighted by atomic mass is 9.83. The Morgan fingerprint density at radius 3 is 2.81 bits per heavy atom. The SMILES string of the molecule is COCC1(NC(=O)c2ccc3n(c2=O)C[C@H]2C[C@@H]3CN(c3cccnn3)C2)CCCC1. The van der Waals surface area contributed by atoms with Crippen molar-refractivity contribution in [2.24, 2.45) is 5.92 Å². The first-order chi connectivity index (χ1) is 15.1. The van der Waals surface area contributed by atoms with Crippen molar-refractivity contribution in [3.8, 4) is 0 Å². The Bertz CT molecular complexity index is 1020. The number of ether oxygens (including phenoxy) is 1. The van der Waals surface area contributed by atoms with Crippen molar-refractivity contribution in [1.29, 1.82) is 0 Å². The number of fused-ring (bicyclic) bond motifs is 4. The number of nitrogens with zero attached hydrogens (tertiary/aromatic N) is 4. The average molecular weight is 424 g/mol. The van der Waals surface area contributed by atoms with Crippen LogP contribution in [0.25, 0.3) is 0 Å². The standard InChI is InChI=1S/C23H29N5O3/c1-31-15-23(8-2-3-9-23)25-21(29)18-6-7-19-17-11-16(13-28(19)22(18)30)12-27(14-17)20-5-4-10-24-26-20/h4-7,10,16-17H,2-3,8-9,11-15H2,1H3,(H,25,29)/t16-,17+/m0/s1. The molecule has 0 unspecified atom stereocenters. The van der Waals surface area contributed by atoms with Gasteiger partial charge in [0.25, 0.3) is 11.5 Å². The molecule has 2 aromatic heterocycles. The smallest absolute Gasteiger partial charge is 0.263 e. The minimum absolute atomic E-state index is 0.178. The molecule has 8 heteroatoms. The summed E-state index contributed by atoms with van der Waals surface area (Å²) in [5, 5.41) is 11.4. The van der Waals surface area contributed by atoms with Gasteiger partial charge in [0, 0.05) is 44.6 Å². The molecule has 1 N–H and O–H groups in total. The van der Waals surface area contributed by atoms with Crippen molar-refractivity contribution in [2.45, 2.75) is 50.1 Å². The molecule has 2 aromatic rings. The summed E-state index contributed by atoms with van der Waals surface area (Å²) in [4.78, 5) is 28.6. The molecule has 164 valence electrons. The molecule has 3 aliphatic rings. The highest BCUT2D eigenvalue weighted by molar-refractivity contribution is 5.94. The number of piperidine rings is 1. The predicted molar refractivity (Wildman–Crippen MR) is 116 cm³/mol.